The molecule has 3 nitrogen and oxygen atoms in total. The van der Waals surface area contributed by atoms with Crippen LogP contribution in [0, 0.1) is 0 Å². The zero-order chi connectivity index (χ0) is 17.3. The van der Waals surface area contributed by atoms with Crippen LogP contribution in [-0.4, -0.2) is 29.0 Å². The molecule has 25 heavy (non-hydrogen) atoms. The minimum absolute atomic E-state index is 0.500. The summed E-state index contributed by atoms with van der Waals surface area (Å²) in [5, 5.41) is 1.25. The lowest BCUT2D eigenvalue weighted by atomic mass is 9.96. The van der Waals surface area contributed by atoms with Crippen molar-refractivity contribution in [2.45, 2.75) is 44.6 Å². The summed E-state index contributed by atoms with van der Waals surface area (Å²) in [5.74, 6) is 0. The lowest BCUT2D eigenvalue weighted by Crippen LogP contribution is -2.67. The quantitative estimate of drug-likeness (QED) is 0.711. The molecule has 0 saturated heterocycles. The Labute approximate surface area is 151 Å². The van der Waals surface area contributed by atoms with Crippen molar-refractivity contribution in [3.8, 4) is 11.1 Å². The van der Waals surface area contributed by atoms with Crippen molar-refractivity contribution in [1.82, 2.24) is 4.98 Å². The van der Waals surface area contributed by atoms with Crippen molar-refractivity contribution in [2.75, 3.05) is 14.2 Å². The Bertz CT molecular complexity index is 751. The first-order valence-electron chi connectivity index (χ1n) is 9.36. The Morgan fingerprint density at radius 3 is 2.36 bits per heavy atom. The molecule has 0 amide bonds. The number of benzene rings is 2. The molecular formula is C21H27NO2Si. The molecular weight excluding hydrogens is 326 g/mol. The molecule has 2 aromatic carbocycles. The van der Waals surface area contributed by atoms with Gasteiger partial charge in [-0.1, -0.05) is 61.7 Å². The van der Waals surface area contributed by atoms with Crippen LogP contribution in [0.15, 0.2) is 42.5 Å². The summed E-state index contributed by atoms with van der Waals surface area (Å²) in [7, 11) is 0.944. The molecule has 4 heteroatoms. The Hall–Kier alpha value is -1.46. The number of fused-ring (bicyclic) bond motifs is 3. The van der Waals surface area contributed by atoms with Crippen molar-refractivity contribution in [1.29, 1.82) is 0 Å². The van der Waals surface area contributed by atoms with Crippen molar-refractivity contribution >= 4 is 13.9 Å². The number of hydrogen-bond acceptors (Lipinski definition) is 3. The van der Waals surface area contributed by atoms with Crippen LogP contribution in [0.2, 0.25) is 0 Å². The van der Waals surface area contributed by atoms with Gasteiger partial charge in [0.1, 0.15) is 0 Å². The standard InChI is InChI=1S/C21H27NO2Si/c1-23-25(24-2,22-17-10-4-3-5-11-17)21-14-8-13-19-18-12-7-6-9-16(18)15-20(19)21/h6-9,12-14,17,22H,3-5,10-11,15H2,1-2H3. The van der Waals surface area contributed by atoms with Crippen LogP contribution >= 0.6 is 0 Å². The zero-order valence-electron chi connectivity index (χ0n) is 15.2. The monoisotopic (exact) mass is 353 g/mol. The number of hydrogen-bond donors (Lipinski definition) is 1. The van der Waals surface area contributed by atoms with Gasteiger partial charge >= 0.3 is 8.72 Å². The molecule has 132 valence electrons. The SMILES string of the molecule is CO[Si](NC1CCCCC1)(OC)c1cccc2c1Cc1ccccc1-2. The fourth-order valence-electron chi connectivity index (χ4n) is 4.48. The van der Waals surface area contributed by atoms with E-state index in [2.05, 4.69) is 47.4 Å². The summed E-state index contributed by atoms with van der Waals surface area (Å²) >= 11 is 0. The Kier molecular flexibility index (Phi) is 4.78. The van der Waals surface area contributed by atoms with Crippen molar-refractivity contribution in [3.63, 3.8) is 0 Å². The van der Waals surface area contributed by atoms with E-state index in [4.69, 9.17) is 8.85 Å². The Morgan fingerprint density at radius 1 is 0.880 bits per heavy atom. The van der Waals surface area contributed by atoms with Crippen LogP contribution in [0.3, 0.4) is 0 Å². The van der Waals surface area contributed by atoms with Crippen LogP contribution in [0.25, 0.3) is 11.1 Å². The first-order chi connectivity index (χ1) is 12.3. The van der Waals surface area contributed by atoms with Gasteiger partial charge in [-0.05, 0) is 41.5 Å². The van der Waals surface area contributed by atoms with Crippen LogP contribution in [-0.2, 0) is 15.3 Å². The zero-order valence-corrected chi connectivity index (χ0v) is 16.2. The maximum absolute atomic E-state index is 6.11. The van der Waals surface area contributed by atoms with E-state index >= 15 is 0 Å². The van der Waals surface area contributed by atoms with Gasteiger partial charge in [0.25, 0.3) is 0 Å². The van der Waals surface area contributed by atoms with Crippen molar-refractivity contribution < 1.29 is 8.85 Å². The van der Waals surface area contributed by atoms with Gasteiger partial charge in [-0.15, -0.1) is 0 Å². The van der Waals surface area contributed by atoms with Gasteiger partial charge in [-0.2, -0.15) is 0 Å². The molecule has 1 fully saturated rings. The fraction of sp³-hybridized carbons (Fsp3) is 0.429. The summed E-state index contributed by atoms with van der Waals surface area (Å²) in [5.41, 5.74) is 5.47. The van der Waals surface area contributed by atoms with E-state index in [1.807, 2.05) is 0 Å². The highest BCUT2D eigenvalue weighted by Crippen LogP contribution is 2.36. The smallest absolute Gasteiger partial charge is 0.383 e. The van der Waals surface area contributed by atoms with E-state index in [-0.39, 0.29) is 0 Å². The van der Waals surface area contributed by atoms with Gasteiger partial charge in [0.05, 0.1) is 0 Å². The topological polar surface area (TPSA) is 30.5 Å². The third kappa shape index (κ3) is 2.97. The summed E-state index contributed by atoms with van der Waals surface area (Å²) in [6.45, 7) is 0. The van der Waals surface area contributed by atoms with Crippen molar-refractivity contribution in [3.05, 3.63) is 53.6 Å². The first-order valence-corrected chi connectivity index (χ1v) is 11.2. The van der Waals surface area contributed by atoms with Gasteiger partial charge in [0, 0.05) is 25.4 Å². The highest BCUT2D eigenvalue weighted by Gasteiger charge is 2.44. The lowest BCUT2D eigenvalue weighted by Gasteiger charge is -2.35. The minimum Gasteiger partial charge on any atom is -0.383 e. The third-order valence-corrected chi connectivity index (χ3v) is 8.90. The van der Waals surface area contributed by atoms with E-state index in [1.165, 1.54) is 59.5 Å². The predicted octanol–water partition coefficient (Wildman–Crippen LogP) is 3.62. The second-order valence-corrected chi connectivity index (χ2v) is 10.0. The van der Waals surface area contributed by atoms with E-state index in [9.17, 15) is 0 Å². The predicted molar refractivity (Wildman–Crippen MR) is 104 cm³/mol. The first kappa shape index (κ1) is 17.0. The van der Waals surface area contributed by atoms with E-state index in [1.54, 1.807) is 14.2 Å². The van der Waals surface area contributed by atoms with Gasteiger partial charge in [0.2, 0.25) is 0 Å². The van der Waals surface area contributed by atoms with Gasteiger partial charge < -0.3 is 8.85 Å². The molecule has 0 spiro atoms. The molecule has 0 atom stereocenters. The molecule has 0 radical (unpaired) electrons. The van der Waals surface area contributed by atoms with Crippen LogP contribution in [0.1, 0.15) is 43.2 Å². The molecule has 0 bridgehead atoms. The summed E-state index contributed by atoms with van der Waals surface area (Å²) < 4.78 is 12.2. The maximum Gasteiger partial charge on any atom is 0.460 e. The lowest BCUT2D eigenvalue weighted by molar-refractivity contribution is 0.229. The van der Waals surface area contributed by atoms with E-state index in [0.29, 0.717) is 6.04 Å². The highest BCUT2D eigenvalue weighted by atomic mass is 28.4. The van der Waals surface area contributed by atoms with Crippen LogP contribution < -0.4 is 10.2 Å². The Morgan fingerprint density at radius 2 is 1.60 bits per heavy atom. The molecule has 0 aromatic heterocycles. The normalized spacial score (nSPS) is 17.4. The number of rotatable bonds is 5. The average Bonchev–Trinajstić information content (AvgIpc) is 3.06. The van der Waals surface area contributed by atoms with E-state index < -0.39 is 8.72 Å². The molecule has 1 saturated carbocycles. The largest absolute Gasteiger partial charge is 0.460 e. The molecule has 4 rings (SSSR count). The molecule has 2 aromatic rings. The maximum atomic E-state index is 6.11. The fourth-order valence-corrected chi connectivity index (χ4v) is 7.24. The average molecular weight is 354 g/mol. The van der Waals surface area contributed by atoms with Crippen molar-refractivity contribution in [2.24, 2.45) is 0 Å². The minimum atomic E-state index is -2.65. The molecule has 0 heterocycles. The molecule has 0 unspecified atom stereocenters. The summed E-state index contributed by atoms with van der Waals surface area (Å²) in [6, 6.07) is 15.8. The second-order valence-electron chi connectivity index (χ2n) is 7.17. The van der Waals surface area contributed by atoms with Crippen LogP contribution in [0.4, 0.5) is 0 Å². The molecule has 2 aliphatic carbocycles. The molecule has 1 N–H and O–H groups in total. The number of nitrogens with one attached hydrogen (secondary N) is 1. The highest BCUT2D eigenvalue weighted by molar-refractivity contribution is 6.79. The molecule has 2 aliphatic rings. The van der Waals surface area contributed by atoms with E-state index in [0.717, 1.165) is 6.42 Å². The third-order valence-electron chi connectivity index (χ3n) is 5.78. The summed E-state index contributed by atoms with van der Waals surface area (Å²) in [4.78, 5) is 3.84. The Balaban J connectivity index is 1.74. The molecule has 0 aliphatic heterocycles. The second kappa shape index (κ2) is 7.04. The van der Waals surface area contributed by atoms with Gasteiger partial charge in [-0.3, -0.25) is 4.98 Å². The van der Waals surface area contributed by atoms with Gasteiger partial charge in [0.15, 0.2) is 0 Å². The van der Waals surface area contributed by atoms with Gasteiger partial charge in [-0.25, -0.2) is 0 Å². The van der Waals surface area contributed by atoms with Crippen LogP contribution in [0.5, 0.6) is 0 Å². The summed E-state index contributed by atoms with van der Waals surface area (Å²) in [6.07, 6.45) is 7.35.